The quantitative estimate of drug-likeness (QED) is 0.542. The molecule has 0 saturated carbocycles. The molecule has 3 N–H and O–H groups in total. The summed E-state index contributed by atoms with van der Waals surface area (Å²) in [6, 6.07) is 6.53. The van der Waals surface area contributed by atoms with Crippen LogP contribution in [-0.2, 0) is 14.8 Å². The number of furan rings is 1. The highest BCUT2D eigenvalue weighted by atomic mass is 32.2. The zero-order valence-electron chi connectivity index (χ0n) is 15.1. The monoisotopic (exact) mass is 438 g/mol. The van der Waals surface area contributed by atoms with E-state index in [1.165, 1.54) is 38.2 Å². The van der Waals surface area contributed by atoms with E-state index in [0.717, 1.165) is 17.4 Å². The standard InChI is InChI=1S/C17H15FN4O5S2/c1-9(23)20-10-3-4-11(12(18)7-10)13-8-28-17(21-13)22-16(24)14-5-6-15(27-14)29(25,26)19-2/h3-8,19H,1-2H3,(H,20,23)(H,21,22,24). The number of sulfonamides is 1. The van der Waals surface area contributed by atoms with Crippen LogP contribution in [0.5, 0.6) is 0 Å². The van der Waals surface area contributed by atoms with E-state index in [1.807, 2.05) is 0 Å². The number of benzene rings is 1. The highest BCUT2D eigenvalue weighted by Gasteiger charge is 2.20. The summed E-state index contributed by atoms with van der Waals surface area (Å²) in [4.78, 5) is 27.4. The van der Waals surface area contributed by atoms with Gasteiger partial charge in [-0.25, -0.2) is 22.5 Å². The summed E-state index contributed by atoms with van der Waals surface area (Å²) >= 11 is 1.06. The Balaban J connectivity index is 1.75. The maximum absolute atomic E-state index is 14.3. The van der Waals surface area contributed by atoms with Crippen molar-refractivity contribution >= 4 is 44.0 Å². The second-order valence-electron chi connectivity index (χ2n) is 5.69. The van der Waals surface area contributed by atoms with E-state index in [0.29, 0.717) is 5.69 Å². The van der Waals surface area contributed by atoms with Crippen molar-refractivity contribution in [2.75, 3.05) is 17.7 Å². The van der Waals surface area contributed by atoms with Crippen molar-refractivity contribution in [1.82, 2.24) is 9.71 Å². The number of hydrogen-bond acceptors (Lipinski definition) is 7. The molecule has 3 aromatic rings. The molecular formula is C17H15FN4O5S2. The molecular weight excluding hydrogens is 423 g/mol. The van der Waals surface area contributed by atoms with E-state index in [1.54, 1.807) is 5.38 Å². The lowest BCUT2D eigenvalue weighted by Gasteiger charge is -2.04. The number of thiazole rings is 1. The number of hydrogen-bond donors (Lipinski definition) is 3. The molecule has 0 aliphatic heterocycles. The van der Waals surface area contributed by atoms with Gasteiger partial charge < -0.3 is 9.73 Å². The minimum atomic E-state index is -3.81. The summed E-state index contributed by atoms with van der Waals surface area (Å²) in [5.74, 6) is -1.84. The highest BCUT2D eigenvalue weighted by Crippen LogP contribution is 2.29. The average Bonchev–Trinajstić information content (AvgIpc) is 3.31. The first-order valence-electron chi connectivity index (χ1n) is 8.07. The van der Waals surface area contributed by atoms with E-state index in [9.17, 15) is 22.4 Å². The average molecular weight is 438 g/mol. The van der Waals surface area contributed by atoms with Gasteiger partial charge in [0.25, 0.3) is 15.9 Å². The number of carbonyl (C=O) groups is 2. The first-order chi connectivity index (χ1) is 13.7. The molecule has 1 aromatic carbocycles. The number of nitrogens with zero attached hydrogens (tertiary/aromatic N) is 1. The molecule has 0 bridgehead atoms. The Bertz CT molecular complexity index is 1190. The molecule has 9 nitrogen and oxygen atoms in total. The van der Waals surface area contributed by atoms with Gasteiger partial charge in [-0.15, -0.1) is 11.3 Å². The molecule has 0 spiro atoms. The molecule has 0 aliphatic rings. The first kappa shape index (κ1) is 20.6. The van der Waals surface area contributed by atoms with Gasteiger partial charge in [-0.1, -0.05) is 0 Å². The van der Waals surface area contributed by atoms with Crippen LogP contribution in [-0.4, -0.2) is 32.3 Å². The van der Waals surface area contributed by atoms with Crippen LogP contribution in [0, 0.1) is 5.82 Å². The number of halogens is 1. The van der Waals surface area contributed by atoms with Crippen molar-refractivity contribution in [2.24, 2.45) is 0 Å². The van der Waals surface area contributed by atoms with Gasteiger partial charge >= 0.3 is 0 Å². The fourth-order valence-corrected chi connectivity index (χ4v) is 3.66. The summed E-state index contributed by atoms with van der Waals surface area (Å²) in [5, 5.41) is 6.27. The van der Waals surface area contributed by atoms with Crippen molar-refractivity contribution in [1.29, 1.82) is 0 Å². The van der Waals surface area contributed by atoms with Gasteiger partial charge in [0, 0.05) is 23.6 Å². The molecule has 0 radical (unpaired) electrons. The largest absolute Gasteiger partial charge is 0.438 e. The maximum Gasteiger partial charge on any atom is 0.293 e. The predicted molar refractivity (Wildman–Crippen MR) is 105 cm³/mol. The van der Waals surface area contributed by atoms with Crippen LogP contribution in [0.15, 0.2) is 45.2 Å². The Kier molecular flexibility index (Phi) is 5.77. The number of carbonyl (C=O) groups excluding carboxylic acids is 2. The van der Waals surface area contributed by atoms with Crippen molar-refractivity contribution in [3.05, 3.63) is 47.3 Å². The zero-order chi connectivity index (χ0) is 21.2. The Labute approximate surface area is 169 Å². The molecule has 2 amide bonds. The van der Waals surface area contributed by atoms with Gasteiger partial charge in [-0.2, -0.15) is 0 Å². The Hall–Kier alpha value is -3.09. The third-order valence-electron chi connectivity index (χ3n) is 3.63. The molecule has 152 valence electrons. The van der Waals surface area contributed by atoms with E-state index in [-0.39, 0.29) is 28.1 Å². The third kappa shape index (κ3) is 4.67. The Morgan fingerprint density at radius 3 is 2.59 bits per heavy atom. The van der Waals surface area contributed by atoms with E-state index in [2.05, 4.69) is 20.3 Å². The SMILES string of the molecule is CNS(=O)(=O)c1ccc(C(=O)Nc2nc(-c3ccc(NC(C)=O)cc3F)cs2)o1. The summed E-state index contributed by atoms with van der Waals surface area (Å²) in [6.45, 7) is 1.32. The van der Waals surface area contributed by atoms with E-state index < -0.39 is 26.8 Å². The first-order valence-corrected chi connectivity index (χ1v) is 10.4. The molecule has 0 saturated heterocycles. The van der Waals surface area contributed by atoms with Crippen LogP contribution < -0.4 is 15.4 Å². The third-order valence-corrected chi connectivity index (χ3v) is 5.67. The molecule has 2 aromatic heterocycles. The summed E-state index contributed by atoms with van der Waals surface area (Å²) < 4.78 is 44.8. The van der Waals surface area contributed by atoms with Crippen LogP contribution in [0.3, 0.4) is 0 Å². The van der Waals surface area contributed by atoms with Crippen LogP contribution in [0.4, 0.5) is 15.2 Å². The van der Waals surface area contributed by atoms with Crippen LogP contribution in [0.25, 0.3) is 11.3 Å². The fourth-order valence-electron chi connectivity index (χ4n) is 2.30. The van der Waals surface area contributed by atoms with Crippen LogP contribution in [0.1, 0.15) is 17.5 Å². The molecule has 0 unspecified atom stereocenters. The van der Waals surface area contributed by atoms with Gasteiger partial charge in [-0.05, 0) is 37.4 Å². The molecule has 29 heavy (non-hydrogen) atoms. The topological polar surface area (TPSA) is 130 Å². The lowest BCUT2D eigenvalue weighted by Crippen LogP contribution is -2.18. The van der Waals surface area contributed by atoms with Crippen molar-refractivity contribution in [2.45, 2.75) is 12.0 Å². The maximum atomic E-state index is 14.3. The molecule has 2 heterocycles. The molecule has 0 aliphatic carbocycles. The molecule has 0 atom stereocenters. The van der Waals surface area contributed by atoms with Gasteiger partial charge in [-0.3, -0.25) is 14.9 Å². The number of nitrogens with one attached hydrogen (secondary N) is 3. The molecule has 3 rings (SSSR count). The van der Waals surface area contributed by atoms with E-state index in [4.69, 9.17) is 4.42 Å². The number of aromatic nitrogens is 1. The second-order valence-corrected chi connectivity index (χ2v) is 8.37. The van der Waals surface area contributed by atoms with E-state index >= 15 is 0 Å². The molecule has 12 heteroatoms. The number of rotatable bonds is 6. The predicted octanol–water partition coefficient (Wildman–Crippen LogP) is 2.66. The second kappa shape index (κ2) is 8.11. The lowest BCUT2D eigenvalue weighted by atomic mass is 10.1. The van der Waals surface area contributed by atoms with Gasteiger partial charge in [0.1, 0.15) is 5.82 Å². The van der Waals surface area contributed by atoms with Crippen LogP contribution >= 0.6 is 11.3 Å². The van der Waals surface area contributed by atoms with Gasteiger partial charge in [0.05, 0.1) is 5.69 Å². The number of amides is 2. The van der Waals surface area contributed by atoms with Crippen LogP contribution in [0.2, 0.25) is 0 Å². The van der Waals surface area contributed by atoms with Crippen molar-refractivity contribution < 1.29 is 26.8 Å². The minimum Gasteiger partial charge on any atom is -0.438 e. The van der Waals surface area contributed by atoms with Crippen molar-refractivity contribution in [3.8, 4) is 11.3 Å². The smallest absolute Gasteiger partial charge is 0.293 e. The van der Waals surface area contributed by atoms with Crippen molar-refractivity contribution in [3.63, 3.8) is 0 Å². The fraction of sp³-hybridized carbons (Fsp3) is 0.118. The summed E-state index contributed by atoms with van der Waals surface area (Å²) in [7, 11) is -2.59. The van der Waals surface area contributed by atoms with Gasteiger partial charge in [0.15, 0.2) is 10.9 Å². The highest BCUT2D eigenvalue weighted by molar-refractivity contribution is 7.89. The van der Waals surface area contributed by atoms with Gasteiger partial charge in [0.2, 0.25) is 11.0 Å². The summed E-state index contributed by atoms with van der Waals surface area (Å²) in [5.41, 5.74) is 0.791. The normalized spacial score (nSPS) is 11.3. The lowest BCUT2D eigenvalue weighted by molar-refractivity contribution is -0.114. The Morgan fingerprint density at radius 2 is 1.93 bits per heavy atom. The summed E-state index contributed by atoms with van der Waals surface area (Å²) in [6.07, 6.45) is 0. The molecule has 0 fully saturated rings. The number of anilines is 2. The zero-order valence-corrected chi connectivity index (χ0v) is 16.8. The minimum absolute atomic E-state index is 0.171. The Morgan fingerprint density at radius 1 is 1.17 bits per heavy atom.